The Bertz CT molecular complexity index is 1120. The molecule has 0 saturated carbocycles. The Balaban J connectivity index is 1.66. The number of anilines is 2. The summed E-state index contributed by atoms with van der Waals surface area (Å²) >= 11 is 0. The molecule has 0 fully saturated rings. The van der Waals surface area contributed by atoms with Crippen molar-refractivity contribution in [2.75, 3.05) is 18.2 Å². The maximum absolute atomic E-state index is 12.7. The molecule has 1 amide bonds. The number of benzene rings is 1. The summed E-state index contributed by atoms with van der Waals surface area (Å²) in [6.07, 6.45) is 4.83. The van der Waals surface area contributed by atoms with Gasteiger partial charge in [0, 0.05) is 29.4 Å². The van der Waals surface area contributed by atoms with E-state index in [2.05, 4.69) is 25.5 Å². The minimum Gasteiger partial charge on any atom is -0.481 e. The predicted molar refractivity (Wildman–Crippen MR) is 102 cm³/mol. The van der Waals surface area contributed by atoms with Crippen molar-refractivity contribution in [3.8, 4) is 17.0 Å². The number of carbonyl (C=O) groups is 1. The molecule has 0 aliphatic carbocycles. The van der Waals surface area contributed by atoms with Gasteiger partial charge in [0.15, 0.2) is 5.69 Å². The van der Waals surface area contributed by atoms with Gasteiger partial charge >= 0.3 is 0 Å². The second-order valence-electron chi connectivity index (χ2n) is 5.88. The predicted octanol–water partition coefficient (Wildman–Crippen LogP) is 2.86. The minimum atomic E-state index is -0.337. The van der Waals surface area contributed by atoms with Crippen LogP contribution < -0.4 is 15.8 Å². The smallest absolute Gasteiger partial charge is 0.276 e. The normalized spacial score (nSPS) is 10.7. The number of methoxy groups -OCH3 is 1. The van der Waals surface area contributed by atoms with Gasteiger partial charge in [-0.2, -0.15) is 5.10 Å². The van der Waals surface area contributed by atoms with Crippen molar-refractivity contribution in [3.63, 3.8) is 0 Å². The maximum atomic E-state index is 12.7. The molecule has 4 rings (SSSR count). The van der Waals surface area contributed by atoms with Crippen LogP contribution in [0.3, 0.4) is 0 Å². The van der Waals surface area contributed by atoms with E-state index < -0.39 is 0 Å². The number of aromatic nitrogens is 4. The van der Waals surface area contributed by atoms with Gasteiger partial charge in [0.25, 0.3) is 5.91 Å². The lowest BCUT2D eigenvalue weighted by Crippen LogP contribution is -2.13. The number of ether oxygens (including phenoxy) is 1. The Morgan fingerprint density at radius 1 is 1.11 bits per heavy atom. The van der Waals surface area contributed by atoms with Gasteiger partial charge in [-0.05, 0) is 29.8 Å². The van der Waals surface area contributed by atoms with E-state index >= 15 is 0 Å². The van der Waals surface area contributed by atoms with Crippen LogP contribution in [0, 0.1) is 0 Å². The van der Waals surface area contributed by atoms with E-state index in [4.69, 9.17) is 10.5 Å². The molecular weight excluding hydrogens is 344 g/mol. The molecule has 1 aromatic carbocycles. The largest absolute Gasteiger partial charge is 0.481 e. The number of hydrogen-bond acceptors (Lipinski definition) is 6. The summed E-state index contributed by atoms with van der Waals surface area (Å²) in [4.78, 5) is 20.8. The van der Waals surface area contributed by atoms with Gasteiger partial charge < -0.3 is 15.8 Å². The molecule has 8 heteroatoms. The number of nitrogen functional groups attached to an aromatic ring is 1. The number of H-pyrrole nitrogens is 1. The zero-order valence-corrected chi connectivity index (χ0v) is 14.4. The summed E-state index contributed by atoms with van der Waals surface area (Å²) in [7, 11) is 1.53. The molecule has 134 valence electrons. The van der Waals surface area contributed by atoms with Gasteiger partial charge in [-0.1, -0.05) is 6.07 Å². The molecule has 4 N–H and O–H groups in total. The highest BCUT2D eigenvalue weighted by molar-refractivity contribution is 6.11. The molecule has 0 unspecified atom stereocenters. The van der Waals surface area contributed by atoms with E-state index in [1.165, 1.54) is 13.3 Å². The van der Waals surface area contributed by atoms with E-state index in [0.717, 1.165) is 16.6 Å². The number of nitrogens with two attached hydrogens (primary N) is 1. The SMILES string of the molecule is COc1ccc(NC(=O)c2n[nH]c3ccc(-c4cncc(N)c4)cc23)cn1. The van der Waals surface area contributed by atoms with E-state index in [-0.39, 0.29) is 5.91 Å². The highest BCUT2D eigenvalue weighted by Crippen LogP contribution is 2.26. The first-order valence-corrected chi connectivity index (χ1v) is 8.14. The first kappa shape index (κ1) is 16.5. The molecule has 0 bridgehead atoms. The van der Waals surface area contributed by atoms with Crippen molar-refractivity contribution >= 4 is 28.2 Å². The number of fused-ring (bicyclic) bond motifs is 1. The molecule has 3 aromatic heterocycles. The van der Waals surface area contributed by atoms with E-state index in [9.17, 15) is 4.79 Å². The number of amides is 1. The third kappa shape index (κ3) is 3.28. The highest BCUT2D eigenvalue weighted by Gasteiger charge is 2.15. The molecule has 8 nitrogen and oxygen atoms in total. The Morgan fingerprint density at radius 2 is 2.00 bits per heavy atom. The van der Waals surface area contributed by atoms with Gasteiger partial charge in [0.1, 0.15) is 0 Å². The Labute approximate surface area is 154 Å². The van der Waals surface area contributed by atoms with E-state index in [0.29, 0.717) is 28.3 Å². The third-order valence-corrected chi connectivity index (χ3v) is 4.07. The Kier molecular flexibility index (Phi) is 4.13. The number of carbonyl (C=O) groups excluding carboxylic acids is 1. The number of aromatic amines is 1. The lowest BCUT2D eigenvalue weighted by Gasteiger charge is -2.05. The van der Waals surface area contributed by atoms with E-state index in [1.54, 1.807) is 24.5 Å². The summed E-state index contributed by atoms with van der Waals surface area (Å²) in [6.45, 7) is 0. The summed E-state index contributed by atoms with van der Waals surface area (Å²) in [5.74, 6) is 0.134. The van der Waals surface area contributed by atoms with Crippen LogP contribution in [-0.4, -0.2) is 33.2 Å². The summed E-state index contributed by atoms with van der Waals surface area (Å²) in [5, 5.41) is 10.5. The first-order chi connectivity index (χ1) is 13.1. The van der Waals surface area contributed by atoms with Crippen LogP contribution in [0.1, 0.15) is 10.5 Å². The second-order valence-corrected chi connectivity index (χ2v) is 5.88. The van der Waals surface area contributed by atoms with Gasteiger partial charge in [-0.15, -0.1) is 0 Å². The molecular formula is C19H16N6O2. The fourth-order valence-corrected chi connectivity index (χ4v) is 2.75. The molecule has 4 aromatic rings. The van der Waals surface area contributed by atoms with Crippen LogP contribution in [0.5, 0.6) is 5.88 Å². The average Bonchev–Trinajstić information content (AvgIpc) is 3.12. The molecule has 0 atom stereocenters. The number of nitrogens with one attached hydrogen (secondary N) is 2. The van der Waals surface area contributed by atoms with Crippen molar-refractivity contribution in [3.05, 3.63) is 60.7 Å². The van der Waals surface area contributed by atoms with Gasteiger partial charge in [0.2, 0.25) is 5.88 Å². The van der Waals surface area contributed by atoms with Crippen molar-refractivity contribution < 1.29 is 9.53 Å². The number of hydrogen-bond donors (Lipinski definition) is 3. The fourth-order valence-electron chi connectivity index (χ4n) is 2.75. The van der Waals surface area contributed by atoms with Crippen molar-refractivity contribution in [2.45, 2.75) is 0 Å². The van der Waals surface area contributed by atoms with Crippen LogP contribution >= 0.6 is 0 Å². The van der Waals surface area contributed by atoms with Gasteiger partial charge in [-0.3, -0.25) is 14.9 Å². The maximum Gasteiger partial charge on any atom is 0.276 e. The zero-order valence-electron chi connectivity index (χ0n) is 14.4. The van der Waals surface area contributed by atoms with Crippen LogP contribution in [0.15, 0.2) is 55.0 Å². The van der Waals surface area contributed by atoms with Gasteiger partial charge in [0.05, 0.1) is 30.2 Å². The minimum absolute atomic E-state index is 0.291. The molecule has 0 spiro atoms. The fraction of sp³-hybridized carbons (Fsp3) is 0.0526. The number of pyridine rings is 2. The van der Waals surface area contributed by atoms with Crippen molar-refractivity contribution in [1.29, 1.82) is 0 Å². The summed E-state index contributed by atoms with van der Waals surface area (Å²) in [5.41, 5.74) is 9.74. The quantitative estimate of drug-likeness (QED) is 0.515. The Morgan fingerprint density at radius 3 is 2.74 bits per heavy atom. The summed E-state index contributed by atoms with van der Waals surface area (Å²) in [6, 6.07) is 10.9. The molecule has 0 aliphatic rings. The number of nitrogens with zero attached hydrogens (tertiary/aromatic N) is 3. The standard InChI is InChI=1S/C19H16N6O2/c1-27-17-5-3-14(10-22-17)23-19(26)18-15-7-11(2-4-16(15)24-25-18)12-6-13(20)9-21-8-12/h2-10H,20H2,1H3,(H,23,26)(H,24,25). The average molecular weight is 360 g/mol. The number of rotatable bonds is 4. The van der Waals surface area contributed by atoms with E-state index in [1.807, 2.05) is 24.3 Å². The molecule has 3 heterocycles. The lowest BCUT2D eigenvalue weighted by atomic mass is 10.0. The molecule has 0 saturated heterocycles. The van der Waals surface area contributed by atoms with Crippen LogP contribution in [-0.2, 0) is 0 Å². The topological polar surface area (TPSA) is 119 Å². The Hall–Kier alpha value is -3.94. The summed E-state index contributed by atoms with van der Waals surface area (Å²) < 4.78 is 5.01. The van der Waals surface area contributed by atoms with Gasteiger partial charge in [-0.25, -0.2) is 4.98 Å². The molecule has 0 aliphatic heterocycles. The van der Waals surface area contributed by atoms with Crippen molar-refractivity contribution in [2.24, 2.45) is 0 Å². The first-order valence-electron chi connectivity index (χ1n) is 8.14. The zero-order chi connectivity index (χ0) is 18.8. The molecule has 27 heavy (non-hydrogen) atoms. The van der Waals surface area contributed by atoms with Crippen LogP contribution in [0.4, 0.5) is 11.4 Å². The second kappa shape index (κ2) is 6.75. The molecule has 0 radical (unpaired) electrons. The lowest BCUT2D eigenvalue weighted by molar-refractivity contribution is 0.102. The van der Waals surface area contributed by atoms with Crippen LogP contribution in [0.25, 0.3) is 22.0 Å². The monoisotopic (exact) mass is 360 g/mol. The third-order valence-electron chi connectivity index (χ3n) is 4.07. The highest BCUT2D eigenvalue weighted by atomic mass is 16.5. The van der Waals surface area contributed by atoms with Crippen molar-refractivity contribution in [1.82, 2.24) is 20.2 Å². The van der Waals surface area contributed by atoms with Crippen LogP contribution in [0.2, 0.25) is 0 Å².